The maximum absolute atomic E-state index is 13.6. The molecule has 1 aromatic rings. The number of carbonyl (C=O) groups excluding carboxylic acids is 1. The molecule has 1 unspecified atom stereocenters. The van der Waals surface area contributed by atoms with E-state index in [1.165, 1.54) is 12.1 Å². The average Bonchev–Trinajstić information content (AvgIpc) is 2.78. The second-order valence-corrected chi connectivity index (χ2v) is 7.53. The molecule has 102 valence electrons. The molecule has 0 bridgehead atoms. The molecule has 2 aliphatic rings. The van der Waals surface area contributed by atoms with E-state index in [1.807, 2.05) is 6.92 Å². The van der Waals surface area contributed by atoms with Gasteiger partial charge in [-0.25, -0.2) is 4.39 Å². The minimum Gasteiger partial charge on any atom is -0.310 e. The second kappa shape index (κ2) is 3.96. The second-order valence-electron chi connectivity index (χ2n) is 5.61. The number of amides is 1. The molecule has 1 atom stereocenters. The number of halogens is 1. The molecule has 0 aromatic heterocycles. The van der Waals surface area contributed by atoms with Crippen LogP contribution in [0.3, 0.4) is 0 Å². The third-order valence-electron chi connectivity index (χ3n) is 3.68. The first-order chi connectivity index (χ1) is 8.89. The summed E-state index contributed by atoms with van der Waals surface area (Å²) in [7, 11) is 0. The Hall–Kier alpha value is -1.07. The predicted molar refractivity (Wildman–Crippen MR) is 75.8 cm³/mol. The summed E-state index contributed by atoms with van der Waals surface area (Å²) in [5.41, 5.74) is 1.58. The first-order valence-electron chi connectivity index (χ1n) is 6.47. The highest BCUT2D eigenvalue weighted by Crippen LogP contribution is 2.54. The lowest BCUT2D eigenvalue weighted by molar-refractivity contribution is -0.120. The average molecular weight is 280 g/mol. The van der Waals surface area contributed by atoms with Gasteiger partial charge in [0.25, 0.3) is 5.91 Å². The van der Waals surface area contributed by atoms with Crippen molar-refractivity contribution in [1.29, 1.82) is 0 Å². The zero-order valence-corrected chi connectivity index (χ0v) is 12.1. The van der Waals surface area contributed by atoms with Gasteiger partial charge in [0.1, 0.15) is 5.82 Å². The van der Waals surface area contributed by atoms with Gasteiger partial charge in [-0.05, 0) is 39.0 Å². The number of hydrogen-bond donors (Lipinski definition) is 1. The molecule has 0 saturated carbocycles. The first-order valence-corrected chi connectivity index (χ1v) is 7.28. The van der Waals surface area contributed by atoms with Gasteiger partial charge >= 0.3 is 0 Å². The Morgan fingerprint density at radius 1 is 1.47 bits per heavy atom. The van der Waals surface area contributed by atoms with Crippen LogP contribution in [0.25, 0.3) is 0 Å². The number of thioether (sulfide) groups is 1. The molecule has 1 spiro atoms. The molecule has 3 rings (SSSR count). The van der Waals surface area contributed by atoms with Crippen LogP contribution in [0.2, 0.25) is 0 Å². The minimum atomic E-state index is -0.809. The monoisotopic (exact) mass is 280 g/mol. The van der Waals surface area contributed by atoms with E-state index in [9.17, 15) is 9.18 Å². The van der Waals surface area contributed by atoms with Crippen molar-refractivity contribution in [1.82, 2.24) is 5.32 Å². The van der Waals surface area contributed by atoms with E-state index in [4.69, 9.17) is 0 Å². The number of rotatable bonds is 1. The lowest BCUT2D eigenvalue weighted by Gasteiger charge is -2.24. The topological polar surface area (TPSA) is 32.3 Å². The van der Waals surface area contributed by atoms with Gasteiger partial charge in [0.15, 0.2) is 4.87 Å². The Balaban J connectivity index is 2.18. The smallest absolute Gasteiger partial charge is 0.262 e. The fourth-order valence-electron chi connectivity index (χ4n) is 2.85. The summed E-state index contributed by atoms with van der Waals surface area (Å²) in [6.45, 7) is 7.47. The fraction of sp³-hybridized carbons (Fsp3) is 0.500. The number of likely N-dealkylation sites (N-methyl/N-ethyl adjacent to an activating group) is 1. The van der Waals surface area contributed by atoms with Crippen LogP contribution in [0, 0.1) is 5.82 Å². The summed E-state index contributed by atoms with van der Waals surface area (Å²) in [6.07, 6.45) is 0. The van der Waals surface area contributed by atoms with Crippen molar-refractivity contribution in [3.63, 3.8) is 0 Å². The zero-order chi connectivity index (χ0) is 13.8. The summed E-state index contributed by atoms with van der Waals surface area (Å²) in [5, 5.41) is 3.32. The normalized spacial score (nSPS) is 28.2. The maximum Gasteiger partial charge on any atom is 0.262 e. The Morgan fingerprint density at radius 3 is 2.79 bits per heavy atom. The van der Waals surface area contributed by atoms with E-state index < -0.39 is 4.87 Å². The van der Waals surface area contributed by atoms with Crippen LogP contribution in [-0.4, -0.2) is 23.7 Å². The van der Waals surface area contributed by atoms with Crippen molar-refractivity contribution in [2.24, 2.45) is 0 Å². The van der Waals surface area contributed by atoms with Crippen molar-refractivity contribution in [3.8, 4) is 0 Å². The Labute approximate surface area is 116 Å². The molecule has 0 radical (unpaired) electrons. The van der Waals surface area contributed by atoms with Gasteiger partial charge in [0.2, 0.25) is 0 Å². The summed E-state index contributed by atoms with van der Waals surface area (Å²) >= 11 is 1.59. The number of anilines is 1. The highest BCUT2D eigenvalue weighted by atomic mass is 32.2. The Morgan fingerprint density at radius 2 is 2.21 bits per heavy atom. The van der Waals surface area contributed by atoms with Crippen LogP contribution in [0.4, 0.5) is 10.1 Å². The van der Waals surface area contributed by atoms with E-state index in [2.05, 4.69) is 19.2 Å². The molecule has 1 saturated heterocycles. The molecule has 2 heterocycles. The van der Waals surface area contributed by atoms with E-state index in [0.717, 1.165) is 17.8 Å². The predicted octanol–water partition coefficient (Wildman–Crippen LogP) is 2.46. The number of carbonyl (C=O) groups is 1. The van der Waals surface area contributed by atoms with Crippen LogP contribution >= 0.6 is 11.8 Å². The summed E-state index contributed by atoms with van der Waals surface area (Å²) in [5.74, 6) is -0.276. The van der Waals surface area contributed by atoms with Gasteiger partial charge in [0.05, 0.1) is 5.69 Å². The molecule has 5 heteroatoms. The molecule has 19 heavy (non-hydrogen) atoms. The standard InChI is InChI=1S/C14H17FN2OS/c1-4-17-11-6-5-9(15)7-10(11)14(12(17)18)16-8-13(2,3)19-14/h5-7,16H,4,8H2,1-3H3. The summed E-state index contributed by atoms with van der Waals surface area (Å²) in [6, 6.07) is 4.61. The highest BCUT2D eigenvalue weighted by Gasteiger charge is 2.57. The van der Waals surface area contributed by atoms with Gasteiger partial charge in [-0.3, -0.25) is 10.1 Å². The first kappa shape index (κ1) is 12.9. The van der Waals surface area contributed by atoms with Crippen molar-refractivity contribution in [3.05, 3.63) is 29.6 Å². The number of nitrogens with zero attached hydrogens (tertiary/aromatic N) is 1. The van der Waals surface area contributed by atoms with Crippen LogP contribution in [0.15, 0.2) is 18.2 Å². The largest absolute Gasteiger partial charge is 0.310 e. The van der Waals surface area contributed by atoms with Gasteiger partial charge in [-0.2, -0.15) is 0 Å². The van der Waals surface area contributed by atoms with Crippen molar-refractivity contribution in [2.75, 3.05) is 18.0 Å². The van der Waals surface area contributed by atoms with E-state index >= 15 is 0 Å². The third-order valence-corrected chi connectivity index (χ3v) is 5.23. The van der Waals surface area contributed by atoms with E-state index in [-0.39, 0.29) is 16.5 Å². The summed E-state index contributed by atoms with van der Waals surface area (Å²) in [4.78, 5) is 13.7. The Kier molecular flexibility index (Phi) is 2.70. The number of fused-ring (bicyclic) bond motifs is 2. The van der Waals surface area contributed by atoms with Crippen LogP contribution in [0.1, 0.15) is 26.3 Å². The van der Waals surface area contributed by atoms with Crippen LogP contribution < -0.4 is 10.2 Å². The minimum absolute atomic E-state index is 0.0196. The molecule has 1 amide bonds. The molecule has 1 fully saturated rings. The van der Waals surface area contributed by atoms with Gasteiger partial charge < -0.3 is 4.90 Å². The molecule has 1 aromatic carbocycles. The van der Waals surface area contributed by atoms with Crippen molar-refractivity contribution >= 4 is 23.4 Å². The molecular formula is C14H17FN2OS. The molecular weight excluding hydrogens is 263 g/mol. The van der Waals surface area contributed by atoms with Crippen molar-refractivity contribution < 1.29 is 9.18 Å². The maximum atomic E-state index is 13.6. The lowest BCUT2D eigenvalue weighted by atomic mass is 10.1. The Bertz CT molecular complexity index is 560. The molecule has 2 aliphatic heterocycles. The van der Waals surface area contributed by atoms with Crippen LogP contribution in [0.5, 0.6) is 0 Å². The fourth-order valence-corrected chi connectivity index (χ4v) is 4.44. The zero-order valence-electron chi connectivity index (χ0n) is 11.3. The SMILES string of the molecule is CCN1C(=O)C2(NCC(C)(C)S2)c2cc(F)ccc21. The highest BCUT2D eigenvalue weighted by molar-refractivity contribution is 8.02. The van der Waals surface area contributed by atoms with E-state index in [1.54, 1.807) is 22.7 Å². The number of benzene rings is 1. The summed E-state index contributed by atoms with van der Waals surface area (Å²) < 4.78 is 13.5. The van der Waals surface area contributed by atoms with Gasteiger partial charge in [0, 0.05) is 23.4 Å². The molecule has 1 N–H and O–H groups in total. The number of nitrogens with one attached hydrogen (secondary N) is 1. The van der Waals surface area contributed by atoms with Gasteiger partial charge in [-0.1, -0.05) is 0 Å². The molecule has 3 nitrogen and oxygen atoms in total. The third kappa shape index (κ3) is 1.71. The quantitative estimate of drug-likeness (QED) is 0.857. The lowest BCUT2D eigenvalue weighted by Crippen LogP contribution is -2.45. The number of hydrogen-bond acceptors (Lipinski definition) is 3. The van der Waals surface area contributed by atoms with Crippen molar-refractivity contribution in [2.45, 2.75) is 30.4 Å². The van der Waals surface area contributed by atoms with Crippen LogP contribution in [-0.2, 0) is 9.67 Å². The molecule has 0 aliphatic carbocycles. The van der Waals surface area contributed by atoms with E-state index in [0.29, 0.717) is 6.54 Å². The van der Waals surface area contributed by atoms with Gasteiger partial charge in [-0.15, -0.1) is 11.8 Å².